The van der Waals surface area contributed by atoms with Gasteiger partial charge < -0.3 is 9.47 Å². The predicted molar refractivity (Wildman–Crippen MR) is 120 cm³/mol. The molecule has 1 aliphatic rings. The van der Waals surface area contributed by atoms with Crippen molar-refractivity contribution in [1.82, 2.24) is 9.55 Å². The summed E-state index contributed by atoms with van der Waals surface area (Å²) < 4.78 is 13.6. The van der Waals surface area contributed by atoms with E-state index >= 15 is 0 Å². The zero-order chi connectivity index (χ0) is 21.4. The lowest BCUT2D eigenvalue weighted by Crippen LogP contribution is -2.30. The van der Waals surface area contributed by atoms with Crippen LogP contribution < -0.4 is 15.0 Å². The Hall–Kier alpha value is -3.45. The molecule has 0 amide bonds. The van der Waals surface area contributed by atoms with Crippen LogP contribution in [0.4, 0.5) is 0 Å². The van der Waals surface area contributed by atoms with Crippen LogP contribution in [0.15, 0.2) is 65.6 Å². The van der Waals surface area contributed by atoms with E-state index in [1.54, 1.807) is 11.3 Å². The third-order valence-corrected chi connectivity index (χ3v) is 6.36. The minimum atomic E-state index is -0.828. The first-order chi connectivity index (χ1) is 15.1. The van der Waals surface area contributed by atoms with Crippen molar-refractivity contribution in [3.8, 4) is 22.2 Å². The minimum Gasteiger partial charge on any atom is -0.489 e. The highest BCUT2D eigenvalue weighted by Gasteiger charge is 2.33. The number of benzene rings is 2. The molecule has 1 aliphatic heterocycles. The maximum Gasteiger partial charge on any atom is 0.307 e. The van der Waals surface area contributed by atoms with Crippen molar-refractivity contribution < 1.29 is 14.3 Å². The molecular formula is C24H20N2O4S. The molecule has 0 bridgehead atoms. The fourth-order valence-electron chi connectivity index (χ4n) is 3.62. The highest BCUT2D eigenvalue weighted by atomic mass is 32.1. The van der Waals surface area contributed by atoms with Crippen LogP contribution in [0.1, 0.15) is 23.7 Å². The van der Waals surface area contributed by atoms with Gasteiger partial charge in [-0.2, -0.15) is 4.98 Å². The van der Waals surface area contributed by atoms with Gasteiger partial charge in [0.05, 0.1) is 0 Å². The number of nitrogens with zero attached hydrogens (tertiary/aromatic N) is 2. The number of aryl methyl sites for hydroxylation is 1. The molecule has 0 spiro atoms. The average Bonchev–Trinajstić information content (AvgIpc) is 3.33. The van der Waals surface area contributed by atoms with Crippen molar-refractivity contribution >= 4 is 27.3 Å². The summed E-state index contributed by atoms with van der Waals surface area (Å²) in [5, 5.41) is 1.15. The molecule has 5 rings (SSSR count). The van der Waals surface area contributed by atoms with Crippen LogP contribution in [0.2, 0.25) is 0 Å². The zero-order valence-corrected chi connectivity index (χ0v) is 17.7. The third-order valence-electron chi connectivity index (χ3n) is 5.21. The lowest BCUT2D eigenvalue weighted by atomic mass is 10.1. The van der Waals surface area contributed by atoms with Gasteiger partial charge in [0, 0.05) is 21.8 Å². The second kappa shape index (κ2) is 8.00. The molecule has 31 heavy (non-hydrogen) atoms. The molecule has 156 valence electrons. The monoisotopic (exact) mass is 432 g/mol. The number of ether oxygens (including phenoxy) is 2. The first-order valence-corrected chi connectivity index (χ1v) is 11.0. The molecule has 4 aromatic rings. The summed E-state index contributed by atoms with van der Waals surface area (Å²) in [7, 11) is 0. The first-order valence-electron chi connectivity index (χ1n) is 10.2. The van der Waals surface area contributed by atoms with Gasteiger partial charge in [-0.1, -0.05) is 37.6 Å². The van der Waals surface area contributed by atoms with E-state index in [0.29, 0.717) is 5.75 Å². The zero-order valence-electron chi connectivity index (χ0n) is 16.9. The van der Waals surface area contributed by atoms with Crippen molar-refractivity contribution in [3.63, 3.8) is 0 Å². The summed E-state index contributed by atoms with van der Waals surface area (Å²) >= 11 is 1.71. The van der Waals surface area contributed by atoms with Crippen LogP contribution in [-0.4, -0.2) is 28.2 Å². The number of aromatic nitrogens is 2. The van der Waals surface area contributed by atoms with E-state index in [9.17, 15) is 9.59 Å². The normalized spacial score (nSPS) is 15.1. The van der Waals surface area contributed by atoms with Crippen LogP contribution in [0.5, 0.6) is 11.8 Å². The topological polar surface area (TPSA) is 70.4 Å². The van der Waals surface area contributed by atoms with Gasteiger partial charge in [0.2, 0.25) is 6.10 Å². The van der Waals surface area contributed by atoms with Crippen LogP contribution >= 0.6 is 11.3 Å². The van der Waals surface area contributed by atoms with Crippen molar-refractivity contribution in [2.24, 2.45) is 0 Å². The molecule has 0 fully saturated rings. The van der Waals surface area contributed by atoms with Gasteiger partial charge >= 0.3 is 6.01 Å². The molecule has 0 saturated carbocycles. The standard InChI is InChI=1S/C24H20N2O4S/c1-2-3-15-4-6-16(7-5-15)20-12-17-8-9-18(13-21(17)31-20)29-14-19-23(28)26-11-10-22(27)25-24(26)30-19/h4-13,19H,2-3,14H2,1H3/t19-/m0/s1. The molecule has 0 N–H and O–H groups in total. The molecule has 0 saturated heterocycles. The summed E-state index contributed by atoms with van der Waals surface area (Å²) in [5.74, 6) is 0.363. The molecule has 0 radical (unpaired) electrons. The van der Waals surface area contributed by atoms with Crippen molar-refractivity contribution in [2.75, 3.05) is 6.61 Å². The van der Waals surface area contributed by atoms with E-state index < -0.39 is 11.7 Å². The molecule has 7 heteroatoms. The smallest absolute Gasteiger partial charge is 0.307 e. The summed E-state index contributed by atoms with van der Waals surface area (Å²) in [4.78, 5) is 28.6. The maximum absolute atomic E-state index is 12.4. The summed E-state index contributed by atoms with van der Waals surface area (Å²) in [5.41, 5.74) is 2.11. The maximum atomic E-state index is 12.4. The van der Waals surface area contributed by atoms with Crippen molar-refractivity contribution in [3.05, 3.63) is 76.7 Å². The lowest BCUT2D eigenvalue weighted by molar-refractivity contribution is 0.0727. The largest absolute Gasteiger partial charge is 0.489 e. The van der Waals surface area contributed by atoms with Gasteiger partial charge in [-0.3, -0.25) is 9.59 Å². The van der Waals surface area contributed by atoms with Crippen molar-refractivity contribution in [2.45, 2.75) is 25.9 Å². The van der Waals surface area contributed by atoms with Crippen molar-refractivity contribution in [1.29, 1.82) is 0 Å². The van der Waals surface area contributed by atoms with E-state index in [-0.39, 0.29) is 18.5 Å². The third kappa shape index (κ3) is 3.84. The fraction of sp³-hybridized carbons (Fsp3) is 0.208. The van der Waals surface area contributed by atoms with Crippen LogP contribution in [-0.2, 0) is 6.42 Å². The van der Waals surface area contributed by atoms with E-state index in [2.05, 4.69) is 42.2 Å². The lowest BCUT2D eigenvalue weighted by Gasteiger charge is -2.10. The first kappa shape index (κ1) is 19.5. The number of carbonyl (C=O) groups is 1. The Morgan fingerprint density at radius 2 is 1.94 bits per heavy atom. The van der Waals surface area contributed by atoms with E-state index in [4.69, 9.17) is 9.47 Å². The van der Waals surface area contributed by atoms with Crippen LogP contribution in [0.25, 0.3) is 20.5 Å². The molecule has 3 heterocycles. The Morgan fingerprint density at radius 1 is 1.10 bits per heavy atom. The number of thiophene rings is 1. The Bertz CT molecular complexity index is 1320. The fourth-order valence-corrected chi connectivity index (χ4v) is 4.71. The highest BCUT2D eigenvalue weighted by molar-refractivity contribution is 7.22. The summed E-state index contributed by atoms with van der Waals surface area (Å²) in [6.07, 6.45) is 2.79. The van der Waals surface area contributed by atoms with Gasteiger partial charge in [0.15, 0.2) is 0 Å². The second-order valence-corrected chi connectivity index (χ2v) is 8.52. The highest BCUT2D eigenvalue weighted by Crippen LogP contribution is 2.35. The van der Waals surface area contributed by atoms with Crippen LogP contribution in [0, 0.1) is 0 Å². The quantitative estimate of drug-likeness (QED) is 0.447. The second-order valence-electron chi connectivity index (χ2n) is 7.43. The Labute approximate surface area is 182 Å². The molecule has 0 aliphatic carbocycles. The minimum absolute atomic E-state index is 0.00871. The number of fused-ring (bicyclic) bond motifs is 2. The molecule has 6 nitrogen and oxygen atoms in total. The molecule has 1 atom stereocenters. The van der Waals surface area contributed by atoms with Gasteiger partial charge in [-0.15, -0.1) is 11.3 Å². The van der Waals surface area contributed by atoms with Gasteiger partial charge in [-0.25, -0.2) is 4.57 Å². The SMILES string of the molecule is CCCc1ccc(-c2cc3ccc(OC[C@@H]4Oc5nc(=O)ccn5C4=O)cc3s2)cc1. The van der Waals surface area contributed by atoms with Crippen LogP contribution in [0.3, 0.4) is 0 Å². The Kier molecular flexibility index (Phi) is 5.03. The predicted octanol–water partition coefficient (Wildman–Crippen LogP) is 4.56. The molecular weight excluding hydrogens is 412 g/mol. The molecule has 2 aromatic heterocycles. The average molecular weight is 433 g/mol. The number of hydrogen-bond acceptors (Lipinski definition) is 6. The molecule has 0 unspecified atom stereocenters. The Morgan fingerprint density at radius 3 is 2.74 bits per heavy atom. The van der Waals surface area contributed by atoms with Gasteiger partial charge in [-0.05, 0) is 47.2 Å². The molecule has 2 aromatic carbocycles. The van der Waals surface area contributed by atoms with E-state index in [0.717, 1.165) is 22.9 Å². The number of hydrogen-bond donors (Lipinski definition) is 0. The number of rotatable bonds is 6. The van der Waals surface area contributed by atoms with Gasteiger partial charge in [0.25, 0.3) is 11.5 Å². The van der Waals surface area contributed by atoms with Gasteiger partial charge in [0.1, 0.15) is 12.4 Å². The van der Waals surface area contributed by atoms with E-state index in [1.807, 2.05) is 18.2 Å². The summed E-state index contributed by atoms with van der Waals surface area (Å²) in [6, 6.07) is 18.0. The Balaban J connectivity index is 1.30. The number of carbonyl (C=O) groups excluding carboxylic acids is 1. The van der Waals surface area contributed by atoms with E-state index in [1.165, 1.54) is 32.8 Å². The summed E-state index contributed by atoms with van der Waals surface area (Å²) in [6.45, 7) is 2.23.